The Morgan fingerprint density at radius 3 is 2.80 bits per heavy atom. The molecule has 0 aliphatic carbocycles. The minimum atomic E-state index is -0.288. The number of benzene rings is 1. The number of rotatable bonds is 5. The highest BCUT2D eigenvalue weighted by Crippen LogP contribution is 2.26. The molecule has 2 N–H and O–H groups in total. The number of para-hydroxylation sites is 1. The molecule has 1 amide bonds. The number of aliphatic hydroxyl groups excluding tert-OH is 1. The molecular formula is C15H18ClNO3. The van der Waals surface area contributed by atoms with E-state index >= 15 is 0 Å². The summed E-state index contributed by atoms with van der Waals surface area (Å²) in [7, 11) is 0. The van der Waals surface area contributed by atoms with Gasteiger partial charge in [-0.15, -0.1) is 0 Å². The molecule has 2 rings (SSSR count). The van der Waals surface area contributed by atoms with Crippen LogP contribution in [0.25, 0.3) is 11.0 Å². The number of halogens is 1. The predicted molar refractivity (Wildman–Crippen MR) is 79.0 cm³/mol. The molecule has 1 unspecified atom stereocenters. The van der Waals surface area contributed by atoms with Crippen LogP contribution in [-0.2, 0) is 0 Å². The lowest BCUT2D eigenvalue weighted by Gasteiger charge is -2.20. The number of carbonyl (C=O) groups excluding carboxylic acids is 1. The van der Waals surface area contributed by atoms with Gasteiger partial charge in [0.25, 0.3) is 5.91 Å². The van der Waals surface area contributed by atoms with Crippen molar-refractivity contribution in [2.75, 3.05) is 6.61 Å². The Labute approximate surface area is 122 Å². The van der Waals surface area contributed by atoms with Gasteiger partial charge in [0.05, 0.1) is 5.02 Å². The number of amides is 1. The highest BCUT2D eigenvalue weighted by atomic mass is 35.5. The van der Waals surface area contributed by atoms with Gasteiger partial charge >= 0.3 is 0 Å². The molecule has 0 fully saturated rings. The van der Waals surface area contributed by atoms with Gasteiger partial charge in [-0.3, -0.25) is 4.79 Å². The number of furan rings is 1. The highest BCUT2D eigenvalue weighted by molar-refractivity contribution is 6.34. The Kier molecular flexibility index (Phi) is 4.68. The first-order chi connectivity index (χ1) is 9.52. The lowest BCUT2D eigenvalue weighted by Crippen LogP contribution is -2.39. The van der Waals surface area contributed by atoms with Crippen LogP contribution in [0.5, 0.6) is 0 Å². The van der Waals surface area contributed by atoms with Gasteiger partial charge in [-0.2, -0.15) is 0 Å². The third kappa shape index (κ3) is 3.14. The first kappa shape index (κ1) is 14.9. The van der Waals surface area contributed by atoms with Crippen LogP contribution >= 0.6 is 11.6 Å². The monoisotopic (exact) mass is 295 g/mol. The van der Waals surface area contributed by atoms with Crippen molar-refractivity contribution in [3.63, 3.8) is 0 Å². The fraction of sp³-hybridized carbons (Fsp3) is 0.400. The van der Waals surface area contributed by atoms with Crippen molar-refractivity contribution in [1.82, 2.24) is 5.32 Å². The third-order valence-electron chi connectivity index (χ3n) is 3.28. The quantitative estimate of drug-likeness (QED) is 0.890. The molecule has 1 atom stereocenters. The van der Waals surface area contributed by atoms with Gasteiger partial charge in [0, 0.05) is 18.0 Å². The van der Waals surface area contributed by atoms with Gasteiger partial charge in [-0.05, 0) is 24.5 Å². The first-order valence-corrected chi connectivity index (χ1v) is 7.00. The van der Waals surface area contributed by atoms with E-state index < -0.39 is 0 Å². The summed E-state index contributed by atoms with van der Waals surface area (Å²) in [5.74, 6) is 0.181. The normalized spacial score (nSPS) is 12.8. The Bertz CT molecular complexity index is 606. The molecule has 0 saturated carbocycles. The van der Waals surface area contributed by atoms with E-state index in [1.54, 1.807) is 12.1 Å². The second-order valence-corrected chi connectivity index (χ2v) is 5.51. The molecule has 0 bridgehead atoms. The first-order valence-electron chi connectivity index (χ1n) is 6.62. The second kappa shape index (κ2) is 6.29. The van der Waals surface area contributed by atoms with Crippen LogP contribution in [0, 0.1) is 5.92 Å². The van der Waals surface area contributed by atoms with E-state index in [4.69, 9.17) is 21.1 Å². The average Bonchev–Trinajstić information content (AvgIpc) is 2.83. The molecule has 1 heterocycles. The average molecular weight is 296 g/mol. The standard InChI is InChI=1S/C15H18ClNO3/c1-9(2)12(6-7-18)17-15(19)13-8-10-4-3-5-11(16)14(10)20-13/h3-5,8-9,12,18H,6-7H2,1-2H3,(H,17,19). The van der Waals surface area contributed by atoms with E-state index in [-0.39, 0.29) is 30.2 Å². The van der Waals surface area contributed by atoms with Crippen LogP contribution in [0.3, 0.4) is 0 Å². The molecule has 0 aliphatic rings. The second-order valence-electron chi connectivity index (χ2n) is 5.11. The van der Waals surface area contributed by atoms with Gasteiger partial charge in [0.15, 0.2) is 11.3 Å². The number of hydrogen-bond donors (Lipinski definition) is 2. The lowest BCUT2D eigenvalue weighted by molar-refractivity contribution is 0.0890. The molecule has 5 heteroatoms. The van der Waals surface area contributed by atoms with Crippen molar-refractivity contribution < 1.29 is 14.3 Å². The number of fused-ring (bicyclic) bond motifs is 1. The predicted octanol–water partition coefficient (Wildman–Crippen LogP) is 3.22. The number of nitrogens with one attached hydrogen (secondary N) is 1. The summed E-state index contributed by atoms with van der Waals surface area (Å²) in [6.07, 6.45) is 0.518. The molecule has 108 valence electrons. The van der Waals surface area contributed by atoms with Crippen molar-refractivity contribution in [3.05, 3.63) is 35.0 Å². The van der Waals surface area contributed by atoms with Crippen LogP contribution in [0.4, 0.5) is 0 Å². The summed E-state index contributed by atoms with van der Waals surface area (Å²) in [4.78, 5) is 12.2. The maximum atomic E-state index is 12.2. The van der Waals surface area contributed by atoms with E-state index in [1.807, 2.05) is 26.0 Å². The molecule has 4 nitrogen and oxygen atoms in total. The molecule has 2 aromatic rings. The van der Waals surface area contributed by atoms with E-state index in [9.17, 15) is 4.79 Å². The molecular weight excluding hydrogens is 278 g/mol. The zero-order chi connectivity index (χ0) is 14.7. The molecule has 1 aromatic carbocycles. The Morgan fingerprint density at radius 2 is 2.20 bits per heavy atom. The smallest absolute Gasteiger partial charge is 0.287 e. The largest absolute Gasteiger partial charge is 0.449 e. The van der Waals surface area contributed by atoms with Gasteiger partial charge in [0.2, 0.25) is 0 Å². The number of hydrogen-bond acceptors (Lipinski definition) is 3. The summed E-state index contributed by atoms with van der Waals surface area (Å²) in [5, 5.41) is 13.2. The Morgan fingerprint density at radius 1 is 1.45 bits per heavy atom. The maximum absolute atomic E-state index is 12.2. The summed E-state index contributed by atoms with van der Waals surface area (Å²) in [6.45, 7) is 4.03. The van der Waals surface area contributed by atoms with Crippen LogP contribution in [-0.4, -0.2) is 23.7 Å². The zero-order valence-electron chi connectivity index (χ0n) is 11.5. The summed E-state index contributed by atoms with van der Waals surface area (Å²) < 4.78 is 5.51. The topological polar surface area (TPSA) is 62.5 Å². The van der Waals surface area contributed by atoms with E-state index in [0.29, 0.717) is 17.0 Å². The third-order valence-corrected chi connectivity index (χ3v) is 3.58. The van der Waals surface area contributed by atoms with Crippen molar-refractivity contribution >= 4 is 28.5 Å². The minimum absolute atomic E-state index is 0.0368. The SMILES string of the molecule is CC(C)C(CCO)NC(=O)c1cc2cccc(Cl)c2o1. The maximum Gasteiger partial charge on any atom is 0.287 e. The Hall–Kier alpha value is -1.52. The van der Waals surface area contributed by atoms with Crippen LogP contribution in [0.1, 0.15) is 30.8 Å². The molecule has 0 aliphatic heterocycles. The van der Waals surface area contributed by atoms with Crippen molar-refractivity contribution in [2.24, 2.45) is 5.92 Å². The molecule has 0 saturated heterocycles. The summed E-state index contributed by atoms with van der Waals surface area (Å²) >= 11 is 6.02. The molecule has 0 radical (unpaired) electrons. The number of carbonyl (C=O) groups is 1. The zero-order valence-corrected chi connectivity index (χ0v) is 12.3. The number of aliphatic hydroxyl groups is 1. The highest BCUT2D eigenvalue weighted by Gasteiger charge is 2.19. The molecule has 20 heavy (non-hydrogen) atoms. The van der Waals surface area contributed by atoms with Gasteiger partial charge < -0.3 is 14.8 Å². The van der Waals surface area contributed by atoms with Gasteiger partial charge in [0.1, 0.15) is 0 Å². The summed E-state index contributed by atoms with van der Waals surface area (Å²) in [6, 6.07) is 6.96. The minimum Gasteiger partial charge on any atom is -0.449 e. The molecule has 1 aromatic heterocycles. The fourth-order valence-corrected chi connectivity index (χ4v) is 2.31. The van der Waals surface area contributed by atoms with Crippen LogP contribution in [0.2, 0.25) is 5.02 Å². The lowest BCUT2D eigenvalue weighted by atomic mass is 10.0. The van der Waals surface area contributed by atoms with Crippen LogP contribution in [0.15, 0.2) is 28.7 Å². The molecule has 0 spiro atoms. The van der Waals surface area contributed by atoms with Gasteiger partial charge in [-0.25, -0.2) is 0 Å². The van der Waals surface area contributed by atoms with Crippen LogP contribution < -0.4 is 5.32 Å². The van der Waals surface area contributed by atoms with E-state index in [0.717, 1.165) is 5.39 Å². The van der Waals surface area contributed by atoms with Gasteiger partial charge in [-0.1, -0.05) is 37.6 Å². The van der Waals surface area contributed by atoms with E-state index in [2.05, 4.69) is 5.32 Å². The van der Waals surface area contributed by atoms with Crippen molar-refractivity contribution in [1.29, 1.82) is 0 Å². The Balaban J connectivity index is 2.20. The van der Waals surface area contributed by atoms with Crippen molar-refractivity contribution in [3.8, 4) is 0 Å². The van der Waals surface area contributed by atoms with E-state index in [1.165, 1.54) is 0 Å². The fourth-order valence-electron chi connectivity index (χ4n) is 2.09. The van der Waals surface area contributed by atoms with Crippen molar-refractivity contribution in [2.45, 2.75) is 26.3 Å². The summed E-state index contributed by atoms with van der Waals surface area (Å²) in [5.41, 5.74) is 0.516.